The van der Waals surface area contributed by atoms with Gasteiger partial charge in [-0.05, 0) is 73.9 Å². The van der Waals surface area contributed by atoms with Crippen LogP contribution in [0.5, 0.6) is 11.5 Å². The van der Waals surface area contributed by atoms with Gasteiger partial charge >= 0.3 is 0 Å². The van der Waals surface area contributed by atoms with Crippen molar-refractivity contribution in [2.45, 2.75) is 127 Å². The fraction of sp³-hybridized carbons (Fsp3) is 0.600. The highest BCUT2D eigenvalue weighted by Crippen LogP contribution is 2.43. The third-order valence-corrected chi connectivity index (χ3v) is 7.48. The largest absolute Gasteiger partial charge is 0.506 e. The Bertz CT molecular complexity index is 774. The molecule has 2 N–H and O–H groups in total. The average Bonchev–Trinajstić information content (AvgIpc) is 2.78. The van der Waals surface area contributed by atoms with Crippen molar-refractivity contribution in [3.8, 4) is 11.5 Å². The van der Waals surface area contributed by atoms with Crippen LogP contribution < -0.4 is 0 Å². The second kappa shape index (κ2) is 15.3. The highest BCUT2D eigenvalue weighted by Gasteiger charge is 2.15. The Morgan fingerprint density at radius 3 is 1.30 bits per heavy atom. The minimum atomic E-state index is 0.387. The van der Waals surface area contributed by atoms with Crippen molar-refractivity contribution in [3.63, 3.8) is 0 Å². The van der Waals surface area contributed by atoms with Crippen molar-refractivity contribution in [3.05, 3.63) is 46.5 Å². The zero-order valence-corrected chi connectivity index (χ0v) is 22.3. The van der Waals surface area contributed by atoms with Crippen molar-refractivity contribution >= 4 is 11.8 Å². The molecule has 0 aliphatic carbocycles. The lowest BCUT2D eigenvalue weighted by atomic mass is 10.0. The Kier molecular flexibility index (Phi) is 12.8. The number of benzene rings is 2. The Labute approximate surface area is 207 Å². The zero-order chi connectivity index (χ0) is 24.1. The summed E-state index contributed by atoms with van der Waals surface area (Å²) in [6, 6.07) is 8.32. The molecule has 0 atom stereocenters. The smallest absolute Gasteiger partial charge is 0.132 e. The lowest BCUT2D eigenvalue weighted by molar-refractivity contribution is 0.450. The molecule has 2 nitrogen and oxygen atoms in total. The van der Waals surface area contributed by atoms with E-state index in [9.17, 15) is 10.2 Å². The average molecular weight is 471 g/mol. The molecule has 2 rings (SSSR count). The van der Waals surface area contributed by atoms with Crippen LogP contribution in [0.15, 0.2) is 34.1 Å². The van der Waals surface area contributed by atoms with Gasteiger partial charge in [0.1, 0.15) is 11.5 Å². The van der Waals surface area contributed by atoms with Gasteiger partial charge in [0.05, 0.1) is 9.79 Å². The predicted molar refractivity (Wildman–Crippen MR) is 144 cm³/mol. The minimum absolute atomic E-state index is 0.387. The zero-order valence-electron chi connectivity index (χ0n) is 21.5. The van der Waals surface area contributed by atoms with Crippen LogP contribution in [0.2, 0.25) is 0 Å². The lowest BCUT2D eigenvalue weighted by Gasteiger charge is -2.15. The standard InChI is InChI=1S/C30H46O2S/c1-5-7-9-11-13-15-17-25-19-23(3)21-27(29(25)31)33-28-22-24(4)20-26(30(28)32)18-16-14-12-10-8-6-2/h19-22,31-32H,5-18H2,1-4H3. The van der Waals surface area contributed by atoms with Crippen molar-refractivity contribution in [2.24, 2.45) is 0 Å². The van der Waals surface area contributed by atoms with Crippen LogP contribution in [0.1, 0.15) is 113 Å². The van der Waals surface area contributed by atoms with E-state index in [2.05, 4.69) is 39.8 Å². The molecule has 0 fully saturated rings. The summed E-state index contributed by atoms with van der Waals surface area (Å²) >= 11 is 1.50. The molecule has 0 aliphatic heterocycles. The van der Waals surface area contributed by atoms with E-state index in [0.717, 1.165) is 57.7 Å². The molecule has 0 spiro atoms. The first-order chi connectivity index (χ1) is 16.0. The first-order valence-electron chi connectivity index (χ1n) is 13.3. The number of aromatic hydroxyl groups is 2. The molecule has 0 bridgehead atoms. The summed E-state index contributed by atoms with van der Waals surface area (Å²) in [6.07, 6.45) is 16.8. The molecule has 2 aromatic carbocycles. The second-order valence-corrected chi connectivity index (χ2v) is 10.8. The third kappa shape index (κ3) is 9.65. The van der Waals surface area contributed by atoms with Crippen molar-refractivity contribution in [1.29, 1.82) is 0 Å². The Morgan fingerprint density at radius 1 is 0.545 bits per heavy atom. The van der Waals surface area contributed by atoms with Gasteiger partial charge < -0.3 is 10.2 Å². The van der Waals surface area contributed by atoms with E-state index in [-0.39, 0.29) is 0 Å². The van der Waals surface area contributed by atoms with Crippen LogP contribution in [0.3, 0.4) is 0 Å². The van der Waals surface area contributed by atoms with E-state index >= 15 is 0 Å². The van der Waals surface area contributed by atoms with Crippen LogP contribution in [0.4, 0.5) is 0 Å². The number of phenolic OH excluding ortho intramolecular Hbond substituents is 2. The molecule has 0 radical (unpaired) electrons. The fourth-order valence-electron chi connectivity index (χ4n) is 4.48. The number of rotatable bonds is 16. The molecule has 0 saturated carbocycles. The van der Waals surface area contributed by atoms with Gasteiger partial charge in [0.2, 0.25) is 0 Å². The Balaban J connectivity index is 2.05. The third-order valence-electron chi connectivity index (χ3n) is 6.42. The molecule has 0 aliphatic rings. The van der Waals surface area contributed by atoms with Gasteiger partial charge in [0.15, 0.2) is 0 Å². The highest BCUT2D eigenvalue weighted by atomic mass is 32.2. The summed E-state index contributed by atoms with van der Waals surface area (Å²) in [4.78, 5) is 1.70. The van der Waals surface area contributed by atoms with Gasteiger partial charge in [-0.25, -0.2) is 0 Å². The molecular weight excluding hydrogens is 424 g/mol. The maximum absolute atomic E-state index is 11.0. The van der Waals surface area contributed by atoms with Crippen LogP contribution in [-0.4, -0.2) is 10.2 Å². The highest BCUT2D eigenvalue weighted by molar-refractivity contribution is 7.99. The van der Waals surface area contributed by atoms with Gasteiger partial charge in [-0.1, -0.05) is 102 Å². The Morgan fingerprint density at radius 2 is 0.909 bits per heavy atom. The molecule has 184 valence electrons. The predicted octanol–water partition coefficient (Wildman–Crippen LogP) is 9.67. The van der Waals surface area contributed by atoms with Crippen LogP contribution in [0.25, 0.3) is 0 Å². The van der Waals surface area contributed by atoms with E-state index in [0.29, 0.717) is 11.5 Å². The maximum atomic E-state index is 11.0. The molecular formula is C30H46O2S. The summed E-state index contributed by atoms with van der Waals surface area (Å²) in [7, 11) is 0. The lowest BCUT2D eigenvalue weighted by Crippen LogP contribution is -1.93. The monoisotopic (exact) mass is 470 g/mol. The molecule has 33 heavy (non-hydrogen) atoms. The van der Waals surface area contributed by atoms with Gasteiger partial charge in [-0.2, -0.15) is 0 Å². The van der Waals surface area contributed by atoms with Crippen molar-refractivity contribution in [1.82, 2.24) is 0 Å². The van der Waals surface area contributed by atoms with E-state index < -0.39 is 0 Å². The molecule has 2 aromatic rings. The minimum Gasteiger partial charge on any atom is -0.506 e. The van der Waals surface area contributed by atoms with Gasteiger partial charge in [0.25, 0.3) is 0 Å². The number of phenols is 2. The fourth-order valence-corrected chi connectivity index (χ4v) is 5.67. The van der Waals surface area contributed by atoms with E-state index in [1.165, 1.54) is 76.0 Å². The number of hydrogen-bond acceptors (Lipinski definition) is 3. The summed E-state index contributed by atoms with van der Waals surface area (Å²) < 4.78 is 0. The summed E-state index contributed by atoms with van der Waals surface area (Å²) in [5, 5.41) is 22.0. The molecule has 3 heteroatoms. The van der Waals surface area contributed by atoms with Crippen LogP contribution in [-0.2, 0) is 12.8 Å². The summed E-state index contributed by atoms with van der Waals surface area (Å²) in [6.45, 7) is 8.67. The van der Waals surface area contributed by atoms with Gasteiger partial charge in [-0.3, -0.25) is 0 Å². The van der Waals surface area contributed by atoms with E-state index in [1.54, 1.807) is 0 Å². The quantitative estimate of drug-likeness (QED) is 0.240. The SMILES string of the molecule is CCCCCCCCc1cc(C)cc(Sc2cc(C)cc(CCCCCCCC)c2O)c1O. The topological polar surface area (TPSA) is 40.5 Å². The molecule has 0 heterocycles. The normalized spacial score (nSPS) is 11.3. The van der Waals surface area contributed by atoms with Crippen molar-refractivity contribution in [2.75, 3.05) is 0 Å². The van der Waals surface area contributed by atoms with Gasteiger partial charge in [-0.15, -0.1) is 0 Å². The molecule has 0 amide bonds. The Hall–Kier alpha value is -1.61. The summed E-state index contributed by atoms with van der Waals surface area (Å²) in [5.74, 6) is 0.773. The van der Waals surface area contributed by atoms with E-state index in [1.807, 2.05) is 12.1 Å². The van der Waals surface area contributed by atoms with Crippen LogP contribution in [0, 0.1) is 13.8 Å². The first-order valence-corrected chi connectivity index (χ1v) is 14.1. The van der Waals surface area contributed by atoms with Gasteiger partial charge in [0, 0.05) is 0 Å². The van der Waals surface area contributed by atoms with Crippen LogP contribution >= 0.6 is 11.8 Å². The molecule has 0 unspecified atom stereocenters. The maximum Gasteiger partial charge on any atom is 0.132 e. The molecule has 0 aromatic heterocycles. The molecule has 0 saturated heterocycles. The first kappa shape index (κ1) is 27.6. The number of aryl methyl sites for hydroxylation is 4. The number of unbranched alkanes of at least 4 members (excludes halogenated alkanes) is 10. The second-order valence-electron chi connectivity index (χ2n) is 9.68. The van der Waals surface area contributed by atoms with E-state index in [4.69, 9.17) is 0 Å². The number of hydrogen-bond donors (Lipinski definition) is 2. The summed E-state index contributed by atoms with van der Waals surface area (Å²) in [5.41, 5.74) is 4.39. The van der Waals surface area contributed by atoms with Crippen molar-refractivity contribution < 1.29 is 10.2 Å².